The quantitative estimate of drug-likeness (QED) is 0.798. The van der Waals surface area contributed by atoms with Gasteiger partial charge >= 0.3 is 0 Å². The molecular formula is C14H20N4O. The standard InChI is InChI=1S/C14H20N4O/c1-3-17-14(19)10-18(4-2)13-6-5-11(8-15)7-12(13)9-16/h5-7H,3-4,8,10,15H2,1-2H3,(H,17,19). The SMILES string of the molecule is CCNC(=O)CN(CC)c1ccc(CN)cc1C#N. The number of likely N-dealkylation sites (N-methyl/N-ethyl adjacent to an activating group) is 2. The Labute approximate surface area is 114 Å². The van der Waals surface area contributed by atoms with Gasteiger partial charge in [0, 0.05) is 19.6 Å². The van der Waals surface area contributed by atoms with Crippen molar-refractivity contribution in [3.8, 4) is 6.07 Å². The highest BCUT2D eigenvalue weighted by molar-refractivity contribution is 5.82. The molecule has 1 aromatic rings. The summed E-state index contributed by atoms with van der Waals surface area (Å²) in [5, 5.41) is 12.0. The lowest BCUT2D eigenvalue weighted by atomic mass is 10.1. The zero-order chi connectivity index (χ0) is 14.3. The summed E-state index contributed by atoms with van der Waals surface area (Å²) in [7, 11) is 0. The van der Waals surface area contributed by atoms with Crippen LogP contribution in [0.15, 0.2) is 18.2 Å². The molecule has 5 nitrogen and oxygen atoms in total. The number of nitrogens with one attached hydrogen (secondary N) is 1. The van der Waals surface area contributed by atoms with Crippen LogP contribution in [0, 0.1) is 11.3 Å². The fourth-order valence-corrected chi connectivity index (χ4v) is 1.87. The van der Waals surface area contributed by atoms with E-state index in [2.05, 4.69) is 11.4 Å². The maximum atomic E-state index is 11.7. The summed E-state index contributed by atoms with van der Waals surface area (Å²) >= 11 is 0. The van der Waals surface area contributed by atoms with Crippen LogP contribution in [-0.4, -0.2) is 25.5 Å². The minimum atomic E-state index is -0.0452. The highest BCUT2D eigenvalue weighted by Crippen LogP contribution is 2.21. The Morgan fingerprint density at radius 2 is 2.21 bits per heavy atom. The summed E-state index contributed by atoms with van der Waals surface area (Å²) in [6.45, 7) is 5.75. The number of benzene rings is 1. The topological polar surface area (TPSA) is 82.2 Å². The molecule has 0 atom stereocenters. The molecule has 0 radical (unpaired) electrons. The van der Waals surface area contributed by atoms with Gasteiger partial charge in [-0.25, -0.2) is 0 Å². The average molecular weight is 260 g/mol. The first-order chi connectivity index (χ1) is 9.15. The predicted octanol–water partition coefficient (Wildman–Crippen LogP) is 0.979. The number of rotatable bonds is 6. The number of hydrogen-bond acceptors (Lipinski definition) is 4. The summed E-state index contributed by atoms with van der Waals surface area (Å²) in [5.41, 5.74) is 7.80. The molecule has 19 heavy (non-hydrogen) atoms. The maximum absolute atomic E-state index is 11.7. The third kappa shape index (κ3) is 3.97. The molecule has 0 heterocycles. The van der Waals surface area contributed by atoms with Crippen molar-refractivity contribution in [2.45, 2.75) is 20.4 Å². The zero-order valence-corrected chi connectivity index (χ0v) is 11.4. The lowest BCUT2D eigenvalue weighted by Gasteiger charge is -2.23. The van der Waals surface area contributed by atoms with Crippen LogP contribution in [0.2, 0.25) is 0 Å². The predicted molar refractivity (Wildman–Crippen MR) is 75.6 cm³/mol. The van der Waals surface area contributed by atoms with Gasteiger partial charge in [0.1, 0.15) is 6.07 Å². The molecule has 0 aliphatic carbocycles. The smallest absolute Gasteiger partial charge is 0.239 e. The van der Waals surface area contributed by atoms with Crippen LogP contribution in [0.4, 0.5) is 5.69 Å². The molecule has 0 fully saturated rings. The van der Waals surface area contributed by atoms with Crippen molar-refractivity contribution in [2.24, 2.45) is 5.73 Å². The lowest BCUT2D eigenvalue weighted by molar-refractivity contribution is -0.119. The fraction of sp³-hybridized carbons (Fsp3) is 0.429. The Bertz CT molecular complexity index is 479. The van der Waals surface area contributed by atoms with Crippen LogP contribution in [0.3, 0.4) is 0 Å². The van der Waals surface area contributed by atoms with Crippen LogP contribution in [0.1, 0.15) is 25.0 Å². The number of carbonyl (C=O) groups excluding carboxylic acids is 1. The van der Waals surface area contributed by atoms with E-state index in [9.17, 15) is 10.1 Å². The first-order valence-corrected chi connectivity index (χ1v) is 6.40. The Morgan fingerprint density at radius 3 is 2.74 bits per heavy atom. The first kappa shape index (κ1) is 15.0. The van der Waals surface area contributed by atoms with Crippen LogP contribution < -0.4 is 16.0 Å². The number of nitrogens with zero attached hydrogens (tertiary/aromatic N) is 2. The summed E-state index contributed by atoms with van der Waals surface area (Å²) in [6.07, 6.45) is 0. The molecule has 0 bridgehead atoms. The molecule has 1 aromatic carbocycles. The van der Waals surface area contributed by atoms with Gasteiger partial charge in [0.25, 0.3) is 0 Å². The summed E-state index contributed by atoms with van der Waals surface area (Å²) in [6, 6.07) is 7.67. The van der Waals surface area contributed by atoms with Crippen molar-refractivity contribution in [3.63, 3.8) is 0 Å². The van der Waals surface area contributed by atoms with E-state index in [4.69, 9.17) is 5.73 Å². The van der Waals surface area contributed by atoms with Crippen LogP contribution in [0.5, 0.6) is 0 Å². The van der Waals surface area contributed by atoms with Crippen molar-refractivity contribution < 1.29 is 4.79 Å². The van der Waals surface area contributed by atoms with E-state index in [0.29, 0.717) is 25.2 Å². The number of carbonyl (C=O) groups is 1. The van der Waals surface area contributed by atoms with E-state index in [1.165, 1.54) is 0 Å². The molecule has 0 spiro atoms. The van der Waals surface area contributed by atoms with E-state index in [1.807, 2.05) is 30.9 Å². The Balaban J connectivity index is 2.98. The lowest BCUT2D eigenvalue weighted by Crippen LogP contribution is -2.37. The molecule has 1 amide bonds. The molecule has 0 aliphatic rings. The molecule has 0 saturated heterocycles. The molecule has 102 valence electrons. The minimum Gasteiger partial charge on any atom is -0.361 e. The maximum Gasteiger partial charge on any atom is 0.239 e. The van der Waals surface area contributed by atoms with E-state index >= 15 is 0 Å². The molecule has 3 N–H and O–H groups in total. The van der Waals surface area contributed by atoms with Crippen LogP contribution >= 0.6 is 0 Å². The first-order valence-electron chi connectivity index (χ1n) is 6.40. The van der Waals surface area contributed by atoms with Crippen LogP contribution in [-0.2, 0) is 11.3 Å². The fourth-order valence-electron chi connectivity index (χ4n) is 1.87. The number of anilines is 1. The summed E-state index contributed by atoms with van der Waals surface area (Å²) in [5.74, 6) is -0.0452. The average Bonchev–Trinajstić information content (AvgIpc) is 2.44. The van der Waals surface area contributed by atoms with Gasteiger partial charge in [0.2, 0.25) is 5.91 Å². The Morgan fingerprint density at radius 1 is 1.47 bits per heavy atom. The van der Waals surface area contributed by atoms with Gasteiger partial charge in [-0.2, -0.15) is 5.26 Å². The van der Waals surface area contributed by atoms with Crippen LogP contribution in [0.25, 0.3) is 0 Å². The molecule has 0 saturated carbocycles. The van der Waals surface area contributed by atoms with Gasteiger partial charge in [-0.3, -0.25) is 4.79 Å². The number of hydrogen-bond donors (Lipinski definition) is 2. The Hall–Kier alpha value is -2.06. The van der Waals surface area contributed by atoms with E-state index in [-0.39, 0.29) is 12.5 Å². The highest BCUT2D eigenvalue weighted by atomic mass is 16.2. The van der Waals surface area contributed by atoms with Crippen molar-refractivity contribution in [2.75, 3.05) is 24.5 Å². The molecule has 0 aromatic heterocycles. The highest BCUT2D eigenvalue weighted by Gasteiger charge is 2.13. The second kappa shape index (κ2) is 7.39. The minimum absolute atomic E-state index is 0.0452. The third-order valence-electron chi connectivity index (χ3n) is 2.85. The van der Waals surface area contributed by atoms with Crippen molar-refractivity contribution in [3.05, 3.63) is 29.3 Å². The Kier molecular flexibility index (Phi) is 5.83. The van der Waals surface area contributed by atoms with Crippen molar-refractivity contribution >= 4 is 11.6 Å². The number of nitriles is 1. The summed E-state index contributed by atoms with van der Waals surface area (Å²) in [4.78, 5) is 13.5. The van der Waals surface area contributed by atoms with E-state index in [1.54, 1.807) is 6.07 Å². The molecule has 0 aliphatic heterocycles. The second-order valence-electron chi connectivity index (χ2n) is 4.14. The third-order valence-corrected chi connectivity index (χ3v) is 2.85. The van der Waals surface area contributed by atoms with Gasteiger partial charge in [0.15, 0.2) is 0 Å². The van der Waals surface area contributed by atoms with E-state index < -0.39 is 0 Å². The molecule has 5 heteroatoms. The normalized spacial score (nSPS) is 9.79. The second-order valence-corrected chi connectivity index (χ2v) is 4.14. The molecular weight excluding hydrogens is 240 g/mol. The number of nitrogens with two attached hydrogens (primary N) is 1. The van der Waals surface area contributed by atoms with Gasteiger partial charge in [-0.15, -0.1) is 0 Å². The molecule has 1 rings (SSSR count). The monoisotopic (exact) mass is 260 g/mol. The van der Waals surface area contributed by atoms with Crippen molar-refractivity contribution in [1.29, 1.82) is 5.26 Å². The summed E-state index contributed by atoms with van der Waals surface area (Å²) < 4.78 is 0. The van der Waals surface area contributed by atoms with Crippen molar-refractivity contribution in [1.82, 2.24) is 5.32 Å². The van der Waals surface area contributed by atoms with Gasteiger partial charge in [0.05, 0.1) is 17.8 Å². The molecule has 0 unspecified atom stereocenters. The largest absolute Gasteiger partial charge is 0.361 e. The van der Waals surface area contributed by atoms with E-state index in [0.717, 1.165) is 11.3 Å². The number of amides is 1. The van der Waals surface area contributed by atoms with Gasteiger partial charge < -0.3 is 16.0 Å². The zero-order valence-electron chi connectivity index (χ0n) is 11.4. The van der Waals surface area contributed by atoms with Gasteiger partial charge in [-0.05, 0) is 31.5 Å². The van der Waals surface area contributed by atoms with Gasteiger partial charge in [-0.1, -0.05) is 6.07 Å².